The minimum Gasteiger partial charge on any atom is -0.373 e. The summed E-state index contributed by atoms with van der Waals surface area (Å²) >= 11 is 4.70. The van der Waals surface area contributed by atoms with Crippen molar-refractivity contribution in [2.45, 2.75) is 27.0 Å². The first kappa shape index (κ1) is 13.6. The van der Waals surface area contributed by atoms with Gasteiger partial charge in [0, 0.05) is 19.5 Å². The molecule has 0 saturated heterocycles. The fraction of sp³-hybridized carbons (Fsp3) is 0.400. The number of nitrogens with zero attached hydrogens (tertiary/aromatic N) is 4. The zero-order valence-electron chi connectivity index (χ0n) is 10.3. The van der Waals surface area contributed by atoms with Gasteiger partial charge in [0.25, 0.3) is 0 Å². The van der Waals surface area contributed by atoms with Gasteiger partial charge in [0.2, 0.25) is 0 Å². The highest BCUT2D eigenvalue weighted by Crippen LogP contribution is 2.32. The number of aryl methyl sites for hydroxylation is 1. The van der Waals surface area contributed by atoms with E-state index >= 15 is 0 Å². The number of hydrogen-bond acceptors (Lipinski definition) is 8. The zero-order valence-corrected chi connectivity index (χ0v) is 12.7. The van der Waals surface area contributed by atoms with Crippen LogP contribution in [-0.4, -0.2) is 33.5 Å². The molecule has 0 aliphatic rings. The van der Waals surface area contributed by atoms with E-state index in [-0.39, 0.29) is 0 Å². The van der Waals surface area contributed by atoms with Crippen LogP contribution in [0.5, 0.6) is 0 Å². The first-order valence-electron chi connectivity index (χ1n) is 5.36. The van der Waals surface area contributed by atoms with Gasteiger partial charge < -0.3 is 5.32 Å². The molecule has 0 fully saturated rings. The maximum atomic E-state index is 4.47. The Morgan fingerprint density at radius 1 is 1.28 bits per heavy atom. The Balaban J connectivity index is 2.22. The molecule has 18 heavy (non-hydrogen) atoms. The van der Waals surface area contributed by atoms with Crippen LogP contribution in [0.4, 0.5) is 5.82 Å². The van der Waals surface area contributed by atoms with Gasteiger partial charge >= 0.3 is 0 Å². The number of nitrogens with one attached hydrogen (secondary N) is 1. The molecule has 1 N–H and O–H groups in total. The second-order valence-corrected chi connectivity index (χ2v) is 6.55. The third-order valence-corrected chi connectivity index (χ3v) is 4.94. The van der Waals surface area contributed by atoms with Crippen molar-refractivity contribution >= 4 is 40.7 Å². The molecule has 0 aliphatic heterocycles. The van der Waals surface area contributed by atoms with Gasteiger partial charge in [-0.25, -0.2) is 9.97 Å². The number of thioether (sulfide) groups is 1. The highest BCUT2D eigenvalue weighted by atomic mass is 32.2. The fourth-order valence-corrected chi connectivity index (χ4v) is 3.63. The SMILES string of the molecule is CCc1nc(NC)cc(Sc2nnc(SC)s2)n1. The van der Waals surface area contributed by atoms with Crippen molar-refractivity contribution in [1.29, 1.82) is 0 Å². The zero-order chi connectivity index (χ0) is 13.0. The summed E-state index contributed by atoms with van der Waals surface area (Å²) in [6.45, 7) is 2.04. The number of rotatable bonds is 5. The molecule has 0 amide bonds. The topological polar surface area (TPSA) is 63.6 Å². The van der Waals surface area contributed by atoms with Crippen LogP contribution in [0.2, 0.25) is 0 Å². The molecule has 0 spiro atoms. The van der Waals surface area contributed by atoms with Gasteiger partial charge in [-0.15, -0.1) is 10.2 Å². The van der Waals surface area contributed by atoms with E-state index < -0.39 is 0 Å². The second-order valence-electron chi connectivity index (χ2n) is 3.25. The molecular formula is C10H13N5S3. The van der Waals surface area contributed by atoms with Crippen LogP contribution in [-0.2, 0) is 6.42 Å². The van der Waals surface area contributed by atoms with E-state index in [2.05, 4.69) is 25.5 Å². The third-order valence-electron chi connectivity index (χ3n) is 2.08. The first-order chi connectivity index (χ1) is 8.75. The Hall–Kier alpha value is -0.860. The molecule has 2 aromatic rings. The molecule has 96 valence electrons. The van der Waals surface area contributed by atoms with Gasteiger partial charge in [-0.1, -0.05) is 30.0 Å². The van der Waals surface area contributed by atoms with Crippen LogP contribution < -0.4 is 5.32 Å². The molecule has 2 heterocycles. The van der Waals surface area contributed by atoms with E-state index in [1.54, 1.807) is 23.1 Å². The van der Waals surface area contributed by atoms with Crippen LogP contribution in [0.3, 0.4) is 0 Å². The Kier molecular flexibility index (Phi) is 4.79. The quantitative estimate of drug-likeness (QED) is 0.672. The fourth-order valence-electron chi connectivity index (χ4n) is 1.22. The number of anilines is 1. The van der Waals surface area contributed by atoms with Crippen molar-refractivity contribution in [2.24, 2.45) is 0 Å². The van der Waals surface area contributed by atoms with Gasteiger partial charge in [0.15, 0.2) is 8.68 Å². The summed E-state index contributed by atoms with van der Waals surface area (Å²) in [6.07, 6.45) is 2.81. The lowest BCUT2D eigenvalue weighted by atomic mass is 10.4. The molecule has 0 aromatic carbocycles. The average molecular weight is 299 g/mol. The van der Waals surface area contributed by atoms with Crippen molar-refractivity contribution in [1.82, 2.24) is 20.2 Å². The lowest BCUT2D eigenvalue weighted by Gasteiger charge is -2.04. The van der Waals surface area contributed by atoms with Crippen LogP contribution in [0.15, 0.2) is 19.8 Å². The van der Waals surface area contributed by atoms with Crippen LogP contribution in [0.1, 0.15) is 12.7 Å². The van der Waals surface area contributed by atoms with Crippen LogP contribution in [0, 0.1) is 0 Å². The Morgan fingerprint density at radius 2 is 2.06 bits per heavy atom. The third kappa shape index (κ3) is 3.33. The molecule has 0 saturated carbocycles. The van der Waals surface area contributed by atoms with E-state index in [4.69, 9.17) is 0 Å². The lowest BCUT2D eigenvalue weighted by Crippen LogP contribution is -2.00. The molecule has 0 atom stereocenters. The maximum absolute atomic E-state index is 4.47. The van der Waals surface area contributed by atoms with Gasteiger partial charge in [-0.05, 0) is 18.0 Å². The molecule has 0 aliphatic carbocycles. The maximum Gasteiger partial charge on any atom is 0.181 e. The predicted molar refractivity (Wildman–Crippen MR) is 76.8 cm³/mol. The molecular weight excluding hydrogens is 286 g/mol. The molecule has 0 radical (unpaired) electrons. The van der Waals surface area contributed by atoms with E-state index in [9.17, 15) is 0 Å². The van der Waals surface area contributed by atoms with Gasteiger partial charge in [-0.2, -0.15) is 0 Å². The number of hydrogen-bond donors (Lipinski definition) is 1. The highest BCUT2D eigenvalue weighted by Gasteiger charge is 2.08. The average Bonchev–Trinajstić information content (AvgIpc) is 2.85. The first-order valence-corrected chi connectivity index (χ1v) is 8.22. The second kappa shape index (κ2) is 6.35. The van der Waals surface area contributed by atoms with Gasteiger partial charge in [0.1, 0.15) is 16.7 Å². The van der Waals surface area contributed by atoms with Crippen LogP contribution >= 0.6 is 34.9 Å². The smallest absolute Gasteiger partial charge is 0.181 e. The predicted octanol–water partition coefficient (Wildman–Crippen LogP) is 2.81. The van der Waals surface area contributed by atoms with Crippen molar-refractivity contribution in [3.8, 4) is 0 Å². The standard InChI is InChI=1S/C10H13N5S3/c1-4-6-12-7(11-2)5-8(13-6)17-10-15-14-9(16-3)18-10/h5H,4H2,1-3H3,(H,11,12,13). The lowest BCUT2D eigenvalue weighted by molar-refractivity contribution is 0.888. The summed E-state index contributed by atoms with van der Waals surface area (Å²) < 4.78 is 1.87. The summed E-state index contributed by atoms with van der Waals surface area (Å²) in [5.74, 6) is 1.66. The van der Waals surface area contributed by atoms with Crippen molar-refractivity contribution in [2.75, 3.05) is 18.6 Å². The molecule has 0 bridgehead atoms. The van der Waals surface area contributed by atoms with Gasteiger partial charge in [0.05, 0.1) is 0 Å². The minimum absolute atomic E-state index is 0.815. The largest absolute Gasteiger partial charge is 0.373 e. The molecule has 0 unspecified atom stereocenters. The highest BCUT2D eigenvalue weighted by molar-refractivity contribution is 8.02. The molecule has 5 nitrogen and oxygen atoms in total. The molecule has 2 aromatic heterocycles. The van der Waals surface area contributed by atoms with Crippen molar-refractivity contribution in [3.63, 3.8) is 0 Å². The van der Waals surface area contributed by atoms with Crippen molar-refractivity contribution < 1.29 is 0 Å². The number of aromatic nitrogens is 4. The minimum atomic E-state index is 0.815. The van der Waals surface area contributed by atoms with Crippen molar-refractivity contribution in [3.05, 3.63) is 11.9 Å². The molecule has 8 heteroatoms. The van der Waals surface area contributed by atoms with E-state index in [0.717, 1.165) is 31.8 Å². The van der Waals surface area contributed by atoms with Gasteiger partial charge in [-0.3, -0.25) is 0 Å². The Morgan fingerprint density at radius 3 is 2.67 bits per heavy atom. The van der Waals surface area contributed by atoms with E-state index in [1.807, 2.05) is 26.3 Å². The monoisotopic (exact) mass is 299 g/mol. The summed E-state index contributed by atoms with van der Waals surface area (Å²) in [4.78, 5) is 8.84. The summed E-state index contributed by atoms with van der Waals surface area (Å²) in [7, 11) is 1.85. The summed E-state index contributed by atoms with van der Waals surface area (Å²) in [5, 5.41) is 12.1. The van der Waals surface area contributed by atoms with E-state index in [1.165, 1.54) is 11.8 Å². The van der Waals surface area contributed by atoms with Crippen LogP contribution in [0.25, 0.3) is 0 Å². The van der Waals surface area contributed by atoms with E-state index in [0.29, 0.717) is 0 Å². The Labute approximate surface area is 118 Å². The summed E-state index contributed by atoms with van der Waals surface area (Å²) in [5.41, 5.74) is 0. The summed E-state index contributed by atoms with van der Waals surface area (Å²) in [6, 6.07) is 1.92. The molecule has 2 rings (SSSR count). The Bertz CT molecular complexity index is 506. The normalized spacial score (nSPS) is 10.6.